The molecule has 98 valence electrons. The van der Waals surface area contributed by atoms with Crippen molar-refractivity contribution < 1.29 is 9.90 Å². The molecule has 1 aliphatic rings. The average Bonchev–Trinajstić information content (AvgIpc) is 2.33. The maximum atomic E-state index is 11.0. The number of benzene rings is 1. The van der Waals surface area contributed by atoms with Gasteiger partial charge in [0, 0.05) is 6.04 Å². The topological polar surface area (TPSA) is 49.3 Å². The summed E-state index contributed by atoms with van der Waals surface area (Å²) in [7, 11) is 0. The molecule has 1 aromatic carbocycles. The molecule has 0 radical (unpaired) electrons. The van der Waals surface area contributed by atoms with Gasteiger partial charge in [0.25, 0.3) is 0 Å². The highest BCUT2D eigenvalue weighted by atomic mass is 35.5. The van der Waals surface area contributed by atoms with Gasteiger partial charge in [0.2, 0.25) is 0 Å². The summed E-state index contributed by atoms with van der Waals surface area (Å²) in [4.78, 5) is 11.0. The second kappa shape index (κ2) is 5.61. The van der Waals surface area contributed by atoms with E-state index in [1.807, 2.05) is 25.1 Å². The van der Waals surface area contributed by atoms with Crippen LogP contribution in [-0.2, 0) is 4.79 Å². The van der Waals surface area contributed by atoms with E-state index in [0.717, 1.165) is 30.5 Å². The van der Waals surface area contributed by atoms with Crippen LogP contribution >= 0.6 is 11.6 Å². The van der Waals surface area contributed by atoms with Crippen LogP contribution in [0.3, 0.4) is 0 Å². The largest absolute Gasteiger partial charge is 0.481 e. The molecule has 1 aliphatic carbocycles. The lowest BCUT2D eigenvalue weighted by Crippen LogP contribution is -2.31. The Morgan fingerprint density at radius 1 is 1.44 bits per heavy atom. The van der Waals surface area contributed by atoms with Gasteiger partial charge < -0.3 is 10.4 Å². The Balaban J connectivity index is 2.02. The third-order valence-corrected chi connectivity index (χ3v) is 3.82. The Hall–Kier alpha value is -1.22. The van der Waals surface area contributed by atoms with Crippen molar-refractivity contribution in [2.45, 2.75) is 38.6 Å². The smallest absolute Gasteiger partial charge is 0.306 e. The second-order valence-electron chi connectivity index (χ2n) is 5.03. The first-order chi connectivity index (χ1) is 8.56. The molecule has 0 bridgehead atoms. The normalized spacial score (nSPS) is 23.7. The second-order valence-corrected chi connectivity index (χ2v) is 5.43. The molecule has 0 saturated heterocycles. The number of hydrogen-bond acceptors (Lipinski definition) is 2. The zero-order chi connectivity index (χ0) is 13.1. The molecule has 1 saturated carbocycles. The minimum Gasteiger partial charge on any atom is -0.481 e. The van der Waals surface area contributed by atoms with E-state index in [2.05, 4.69) is 5.32 Å². The van der Waals surface area contributed by atoms with Gasteiger partial charge in [-0.2, -0.15) is 0 Å². The van der Waals surface area contributed by atoms with Crippen LogP contribution in [-0.4, -0.2) is 17.1 Å². The van der Waals surface area contributed by atoms with Crippen molar-refractivity contribution >= 4 is 23.3 Å². The average molecular weight is 268 g/mol. The fraction of sp³-hybridized carbons (Fsp3) is 0.500. The molecule has 0 heterocycles. The number of aliphatic carboxylic acids is 1. The summed E-state index contributed by atoms with van der Waals surface area (Å²) in [6, 6.07) is 6.09. The lowest BCUT2D eigenvalue weighted by Gasteiger charge is -2.28. The molecule has 0 amide bonds. The van der Waals surface area contributed by atoms with E-state index in [-0.39, 0.29) is 12.0 Å². The van der Waals surface area contributed by atoms with Crippen LogP contribution < -0.4 is 5.32 Å². The number of halogens is 1. The molecule has 2 N–H and O–H groups in total. The van der Waals surface area contributed by atoms with E-state index in [0.29, 0.717) is 11.4 Å². The van der Waals surface area contributed by atoms with E-state index in [9.17, 15) is 4.79 Å². The monoisotopic (exact) mass is 267 g/mol. The molecule has 3 nitrogen and oxygen atoms in total. The highest BCUT2D eigenvalue weighted by molar-refractivity contribution is 6.33. The Morgan fingerprint density at radius 2 is 2.22 bits per heavy atom. The summed E-state index contributed by atoms with van der Waals surface area (Å²) < 4.78 is 0. The van der Waals surface area contributed by atoms with Crippen molar-refractivity contribution in [2.24, 2.45) is 5.92 Å². The lowest BCUT2D eigenvalue weighted by atomic mass is 9.85. The summed E-state index contributed by atoms with van der Waals surface area (Å²) in [5.41, 5.74) is 2.02. The van der Waals surface area contributed by atoms with Gasteiger partial charge in [-0.05, 0) is 43.9 Å². The quantitative estimate of drug-likeness (QED) is 0.878. The highest BCUT2D eigenvalue weighted by Gasteiger charge is 2.27. The summed E-state index contributed by atoms with van der Waals surface area (Å²) in [5, 5.41) is 13.1. The van der Waals surface area contributed by atoms with Crippen molar-refractivity contribution in [1.29, 1.82) is 0 Å². The third-order valence-electron chi connectivity index (χ3n) is 3.51. The van der Waals surface area contributed by atoms with Gasteiger partial charge in [-0.15, -0.1) is 0 Å². The van der Waals surface area contributed by atoms with Gasteiger partial charge in [0.05, 0.1) is 16.6 Å². The number of carbonyl (C=O) groups is 1. The third kappa shape index (κ3) is 3.16. The van der Waals surface area contributed by atoms with E-state index in [1.165, 1.54) is 0 Å². The number of hydrogen-bond donors (Lipinski definition) is 2. The van der Waals surface area contributed by atoms with Gasteiger partial charge in [0.1, 0.15) is 0 Å². The number of anilines is 1. The van der Waals surface area contributed by atoms with Gasteiger partial charge in [-0.3, -0.25) is 4.79 Å². The Morgan fingerprint density at radius 3 is 2.89 bits per heavy atom. The molecule has 2 atom stereocenters. The number of nitrogens with one attached hydrogen (secondary N) is 1. The highest BCUT2D eigenvalue weighted by Crippen LogP contribution is 2.30. The first-order valence-electron chi connectivity index (χ1n) is 6.32. The van der Waals surface area contributed by atoms with E-state index < -0.39 is 5.97 Å². The zero-order valence-corrected chi connectivity index (χ0v) is 11.2. The zero-order valence-electron chi connectivity index (χ0n) is 10.4. The molecule has 4 heteroatoms. The van der Waals surface area contributed by atoms with Gasteiger partial charge >= 0.3 is 5.97 Å². The fourth-order valence-electron chi connectivity index (χ4n) is 2.50. The van der Waals surface area contributed by atoms with Crippen LogP contribution in [0, 0.1) is 12.8 Å². The minimum atomic E-state index is -0.684. The summed E-state index contributed by atoms with van der Waals surface area (Å²) >= 11 is 6.17. The first-order valence-corrected chi connectivity index (χ1v) is 6.69. The Labute approximate surface area is 112 Å². The maximum absolute atomic E-state index is 11.0. The summed E-state index contributed by atoms with van der Waals surface area (Å²) in [5.74, 6) is -0.906. The molecular weight excluding hydrogens is 250 g/mol. The number of carboxylic acids is 1. The van der Waals surface area contributed by atoms with Crippen molar-refractivity contribution in [3.05, 3.63) is 28.8 Å². The van der Waals surface area contributed by atoms with Crippen molar-refractivity contribution in [3.8, 4) is 0 Å². The van der Waals surface area contributed by atoms with E-state index in [4.69, 9.17) is 16.7 Å². The molecular formula is C14H18ClNO2. The van der Waals surface area contributed by atoms with Crippen molar-refractivity contribution in [3.63, 3.8) is 0 Å². The number of aryl methyl sites for hydroxylation is 1. The molecule has 2 unspecified atom stereocenters. The molecule has 18 heavy (non-hydrogen) atoms. The van der Waals surface area contributed by atoms with Gasteiger partial charge in [0.15, 0.2) is 0 Å². The summed E-state index contributed by atoms with van der Waals surface area (Å²) in [6.07, 6.45) is 3.43. The lowest BCUT2D eigenvalue weighted by molar-refractivity contribution is -0.142. The predicted molar refractivity (Wildman–Crippen MR) is 73.2 cm³/mol. The number of carboxylic acid groups (broad SMARTS) is 1. The molecule has 1 aromatic rings. The molecule has 0 aliphatic heterocycles. The standard InChI is InChI=1S/C14H18ClNO2/c1-9-5-6-13(12(15)7-9)16-11-4-2-3-10(8-11)14(17)18/h5-7,10-11,16H,2-4,8H2,1H3,(H,17,18). The van der Waals surface area contributed by atoms with Gasteiger partial charge in [-0.25, -0.2) is 0 Å². The van der Waals surface area contributed by atoms with Crippen LogP contribution in [0.25, 0.3) is 0 Å². The fourth-order valence-corrected chi connectivity index (χ4v) is 2.79. The SMILES string of the molecule is Cc1ccc(NC2CCCC(C(=O)O)C2)c(Cl)c1. The predicted octanol–water partition coefficient (Wildman–Crippen LogP) is 3.70. The first kappa shape index (κ1) is 13.2. The Kier molecular flexibility index (Phi) is 4.12. The number of rotatable bonds is 3. The van der Waals surface area contributed by atoms with Crippen molar-refractivity contribution in [1.82, 2.24) is 0 Å². The molecule has 2 rings (SSSR count). The van der Waals surface area contributed by atoms with Crippen LogP contribution in [0.5, 0.6) is 0 Å². The van der Waals surface area contributed by atoms with Crippen LogP contribution in [0.2, 0.25) is 5.02 Å². The van der Waals surface area contributed by atoms with Crippen LogP contribution in [0.15, 0.2) is 18.2 Å². The van der Waals surface area contributed by atoms with E-state index >= 15 is 0 Å². The molecule has 0 spiro atoms. The van der Waals surface area contributed by atoms with Crippen LogP contribution in [0.4, 0.5) is 5.69 Å². The Bertz CT molecular complexity index is 447. The maximum Gasteiger partial charge on any atom is 0.306 e. The van der Waals surface area contributed by atoms with Gasteiger partial charge in [-0.1, -0.05) is 24.1 Å². The van der Waals surface area contributed by atoms with E-state index in [1.54, 1.807) is 0 Å². The molecule has 1 fully saturated rings. The van der Waals surface area contributed by atoms with Crippen LogP contribution in [0.1, 0.15) is 31.2 Å². The minimum absolute atomic E-state index is 0.208. The van der Waals surface area contributed by atoms with Crippen molar-refractivity contribution in [2.75, 3.05) is 5.32 Å². The summed E-state index contributed by atoms with van der Waals surface area (Å²) in [6.45, 7) is 2.00. The molecule has 0 aromatic heterocycles.